The van der Waals surface area contributed by atoms with E-state index in [0.717, 1.165) is 18.8 Å². The van der Waals surface area contributed by atoms with Gasteiger partial charge in [-0.2, -0.15) is 5.10 Å². The number of ether oxygens (including phenoxy) is 1. The van der Waals surface area contributed by atoms with Crippen molar-refractivity contribution in [2.24, 2.45) is 5.10 Å². The van der Waals surface area contributed by atoms with E-state index < -0.39 is 0 Å². The molecule has 0 aliphatic carbocycles. The first-order chi connectivity index (χ1) is 15.4. The summed E-state index contributed by atoms with van der Waals surface area (Å²) in [6, 6.07) is 17.0. The molecule has 0 spiro atoms. The maximum atomic E-state index is 12.6. The lowest BCUT2D eigenvalue weighted by atomic mass is 10.0. The van der Waals surface area contributed by atoms with Crippen LogP contribution in [0.2, 0.25) is 0 Å². The molecule has 1 heterocycles. The van der Waals surface area contributed by atoms with Gasteiger partial charge in [-0.3, -0.25) is 4.79 Å². The molecular formula is C26H27N3O3. The highest BCUT2D eigenvalue weighted by Gasteiger charge is 2.20. The summed E-state index contributed by atoms with van der Waals surface area (Å²) >= 11 is 0. The average molecular weight is 430 g/mol. The Morgan fingerprint density at radius 1 is 1.09 bits per heavy atom. The second-order valence-corrected chi connectivity index (χ2v) is 7.97. The zero-order valence-corrected chi connectivity index (χ0v) is 18.6. The normalized spacial score (nSPS) is 12.8. The minimum Gasteiger partial charge on any atom is -0.504 e. The van der Waals surface area contributed by atoms with Crippen LogP contribution in [0.3, 0.4) is 0 Å². The average Bonchev–Trinajstić information content (AvgIpc) is 3.19. The van der Waals surface area contributed by atoms with Crippen LogP contribution in [0.4, 0.5) is 5.69 Å². The summed E-state index contributed by atoms with van der Waals surface area (Å²) in [6.45, 7) is 8.24. The quantitative estimate of drug-likeness (QED) is 0.440. The second kappa shape index (κ2) is 9.14. The number of benzene rings is 3. The summed E-state index contributed by atoms with van der Waals surface area (Å²) in [5, 5.41) is 13.8. The highest BCUT2D eigenvalue weighted by molar-refractivity contribution is 5.95. The molecule has 1 aliphatic heterocycles. The number of amides is 1. The van der Waals surface area contributed by atoms with Crippen LogP contribution in [0.15, 0.2) is 59.7 Å². The monoisotopic (exact) mass is 429 g/mol. The van der Waals surface area contributed by atoms with Gasteiger partial charge in [-0.05, 0) is 85.0 Å². The fourth-order valence-corrected chi connectivity index (χ4v) is 3.84. The summed E-state index contributed by atoms with van der Waals surface area (Å²) in [6.07, 6.45) is 1.52. The van der Waals surface area contributed by atoms with Crippen LogP contribution >= 0.6 is 0 Å². The Balaban J connectivity index is 1.43. The van der Waals surface area contributed by atoms with Crippen molar-refractivity contribution in [2.75, 3.05) is 11.5 Å². The molecule has 1 amide bonds. The molecule has 32 heavy (non-hydrogen) atoms. The van der Waals surface area contributed by atoms with Gasteiger partial charge in [-0.1, -0.05) is 18.2 Å². The third-order valence-corrected chi connectivity index (χ3v) is 5.68. The first-order valence-electron chi connectivity index (χ1n) is 10.7. The molecule has 6 heteroatoms. The number of phenolic OH excluding ortho intramolecular Hbond substituents is 1. The van der Waals surface area contributed by atoms with Crippen LogP contribution in [0.5, 0.6) is 11.5 Å². The Kier molecular flexibility index (Phi) is 6.12. The van der Waals surface area contributed by atoms with E-state index in [0.29, 0.717) is 23.5 Å². The molecule has 2 N–H and O–H groups in total. The molecule has 0 unspecified atom stereocenters. The van der Waals surface area contributed by atoms with Crippen LogP contribution in [-0.4, -0.2) is 23.8 Å². The van der Waals surface area contributed by atoms with Gasteiger partial charge in [0.05, 0.1) is 12.8 Å². The molecule has 6 nitrogen and oxygen atoms in total. The lowest BCUT2D eigenvalue weighted by molar-refractivity contribution is 0.0955. The SMILES string of the molecule is CCOc1cc(/C=N\NC(=O)c2cccc(N3Cc4cc(C)c(C)cc4C3)c2)ccc1O. The minimum atomic E-state index is -0.282. The van der Waals surface area contributed by atoms with Gasteiger partial charge in [0.1, 0.15) is 0 Å². The van der Waals surface area contributed by atoms with Crippen molar-refractivity contribution in [1.82, 2.24) is 5.43 Å². The molecule has 164 valence electrons. The number of carbonyl (C=O) groups is 1. The molecule has 0 aromatic heterocycles. The van der Waals surface area contributed by atoms with E-state index >= 15 is 0 Å². The molecule has 0 saturated carbocycles. The van der Waals surface area contributed by atoms with Gasteiger partial charge in [0.2, 0.25) is 0 Å². The molecule has 4 rings (SSSR count). The standard InChI is InChI=1S/C26H27N3O3/c1-4-32-25-12-19(8-9-24(25)30)14-27-28-26(31)20-6-5-7-23(13-20)29-15-21-10-17(2)18(3)11-22(21)16-29/h5-14,30H,4,15-16H2,1-3H3,(H,28,31)/b27-14-. The summed E-state index contributed by atoms with van der Waals surface area (Å²) < 4.78 is 5.37. The van der Waals surface area contributed by atoms with Crippen molar-refractivity contribution in [3.8, 4) is 11.5 Å². The number of hydrazone groups is 1. The molecule has 0 atom stereocenters. The van der Waals surface area contributed by atoms with Crippen LogP contribution in [0.25, 0.3) is 0 Å². The van der Waals surface area contributed by atoms with E-state index in [2.05, 4.69) is 41.4 Å². The van der Waals surface area contributed by atoms with Crippen molar-refractivity contribution in [1.29, 1.82) is 0 Å². The summed E-state index contributed by atoms with van der Waals surface area (Å²) in [5.41, 5.74) is 10.1. The third-order valence-electron chi connectivity index (χ3n) is 5.68. The van der Waals surface area contributed by atoms with Crippen molar-refractivity contribution in [3.05, 3.63) is 88.0 Å². The first-order valence-corrected chi connectivity index (χ1v) is 10.7. The minimum absolute atomic E-state index is 0.0687. The van der Waals surface area contributed by atoms with E-state index in [1.54, 1.807) is 18.2 Å². The van der Waals surface area contributed by atoms with E-state index in [1.165, 1.54) is 34.5 Å². The molecule has 0 fully saturated rings. The smallest absolute Gasteiger partial charge is 0.271 e. The van der Waals surface area contributed by atoms with Gasteiger partial charge in [0, 0.05) is 24.3 Å². The van der Waals surface area contributed by atoms with E-state index in [1.807, 2.05) is 25.1 Å². The zero-order chi connectivity index (χ0) is 22.7. The predicted molar refractivity (Wildman–Crippen MR) is 127 cm³/mol. The number of rotatable bonds is 6. The molecule has 0 radical (unpaired) electrons. The summed E-state index contributed by atoms with van der Waals surface area (Å²) in [7, 11) is 0. The third kappa shape index (κ3) is 4.59. The zero-order valence-electron chi connectivity index (χ0n) is 18.6. The molecule has 3 aromatic rings. The maximum Gasteiger partial charge on any atom is 0.271 e. The number of nitrogens with zero attached hydrogens (tertiary/aromatic N) is 2. The largest absolute Gasteiger partial charge is 0.504 e. The number of phenols is 1. The molecule has 0 saturated heterocycles. The van der Waals surface area contributed by atoms with Crippen molar-refractivity contribution < 1.29 is 14.6 Å². The molecule has 3 aromatic carbocycles. The number of aryl methyl sites for hydroxylation is 2. The van der Waals surface area contributed by atoms with Crippen LogP contribution in [0, 0.1) is 13.8 Å². The molecular weight excluding hydrogens is 402 g/mol. The van der Waals surface area contributed by atoms with E-state index in [-0.39, 0.29) is 11.7 Å². The number of hydrogen-bond donors (Lipinski definition) is 2. The highest BCUT2D eigenvalue weighted by atomic mass is 16.5. The van der Waals surface area contributed by atoms with Gasteiger partial charge in [-0.15, -0.1) is 0 Å². The van der Waals surface area contributed by atoms with Crippen molar-refractivity contribution in [3.63, 3.8) is 0 Å². The van der Waals surface area contributed by atoms with Crippen LogP contribution in [0.1, 0.15) is 45.1 Å². The Hall–Kier alpha value is -3.80. The summed E-state index contributed by atoms with van der Waals surface area (Å²) in [4.78, 5) is 14.9. The number of nitrogens with one attached hydrogen (secondary N) is 1. The van der Waals surface area contributed by atoms with Crippen LogP contribution in [-0.2, 0) is 13.1 Å². The molecule has 1 aliphatic rings. The lowest BCUT2D eigenvalue weighted by Crippen LogP contribution is -2.19. The first kappa shape index (κ1) is 21.4. The fourth-order valence-electron chi connectivity index (χ4n) is 3.84. The lowest BCUT2D eigenvalue weighted by Gasteiger charge is -2.18. The Morgan fingerprint density at radius 3 is 2.50 bits per heavy atom. The van der Waals surface area contributed by atoms with Crippen molar-refractivity contribution in [2.45, 2.75) is 33.9 Å². The molecule has 0 bridgehead atoms. The predicted octanol–water partition coefficient (Wildman–Crippen LogP) is 4.69. The fraction of sp³-hybridized carbons (Fsp3) is 0.231. The van der Waals surface area contributed by atoms with Crippen LogP contribution < -0.4 is 15.1 Å². The van der Waals surface area contributed by atoms with Gasteiger partial charge < -0.3 is 14.7 Å². The van der Waals surface area contributed by atoms with Gasteiger partial charge >= 0.3 is 0 Å². The van der Waals surface area contributed by atoms with Gasteiger partial charge in [-0.25, -0.2) is 5.43 Å². The Labute approximate surface area is 188 Å². The van der Waals surface area contributed by atoms with E-state index in [4.69, 9.17) is 4.74 Å². The maximum absolute atomic E-state index is 12.6. The number of hydrogen-bond acceptors (Lipinski definition) is 5. The Morgan fingerprint density at radius 2 is 1.81 bits per heavy atom. The number of fused-ring (bicyclic) bond motifs is 1. The number of anilines is 1. The van der Waals surface area contributed by atoms with Gasteiger partial charge in [0.25, 0.3) is 5.91 Å². The van der Waals surface area contributed by atoms with Crippen molar-refractivity contribution >= 4 is 17.8 Å². The number of aromatic hydroxyl groups is 1. The second-order valence-electron chi connectivity index (χ2n) is 7.97. The van der Waals surface area contributed by atoms with E-state index in [9.17, 15) is 9.90 Å². The Bertz CT molecular complexity index is 1160. The van der Waals surface area contributed by atoms with Gasteiger partial charge in [0.15, 0.2) is 11.5 Å². The number of carbonyl (C=O) groups excluding carboxylic acids is 1. The topological polar surface area (TPSA) is 74.2 Å². The summed E-state index contributed by atoms with van der Waals surface area (Å²) in [5.74, 6) is 0.169. The highest BCUT2D eigenvalue weighted by Crippen LogP contribution is 2.30.